The number of ether oxygens (including phenoxy) is 9. The minimum absolute atomic E-state index is 0.0168. The topological polar surface area (TPSA) is 576 Å². The molecule has 3 saturated heterocycles. The van der Waals surface area contributed by atoms with Gasteiger partial charge < -0.3 is 136 Å². The van der Waals surface area contributed by atoms with Gasteiger partial charge in [-0.2, -0.15) is 0 Å². The largest absolute Gasteiger partial charge is 0.394 e. The maximum absolute atomic E-state index is 14.0. The van der Waals surface area contributed by atoms with Crippen molar-refractivity contribution in [3.8, 4) is 0 Å². The van der Waals surface area contributed by atoms with Crippen LogP contribution in [-0.2, 0) is 85.8 Å². The molecular weight excluding hydrogens is 1460 g/mol. The summed E-state index contributed by atoms with van der Waals surface area (Å²) in [4.78, 5) is 118. The number of unbranched alkanes of at least 4 members (excludes halogenated alkanes) is 11. The molecule has 0 aliphatic carbocycles. The summed E-state index contributed by atoms with van der Waals surface area (Å²) in [6, 6.07) is -0.693. The monoisotopic (exact) mass is 1590 g/mol. The van der Waals surface area contributed by atoms with Gasteiger partial charge in [-0.3, -0.25) is 43.2 Å². The average Bonchev–Trinajstić information content (AvgIpc) is 0.873. The van der Waals surface area contributed by atoms with Gasteiger partial charge in [0.25, 0.3) is 0 Å². The Balaban J connectivity index is 1.54. The summed E-state index contributed by atoms with van der Waals surface area (Å²) >= 11 is 0. The van der Waals surface area contributed by atoms with Crippen LogP contribution in [0.4, 0.5) is 0 Å². The fraction of sp³-hybridized carbons (Fsp3) is 0.875. The van der Waals surface area contributed by atoms with Crippen LogP contribution in [-0.4, -0.2) is 310 Å². The van der Waals surface area contributed by atoms with Gasteiger partial charge in [-0.1, -0.05) is 43.6 Å². The lowest BCUT2D eigenvalue weighted by Crippen LogP contribution is -2.58. The second-order valence-corrected chi connectivity index (χ2v) is 28.0. The van der Waals surface area contributed by atoms with Crippen LogP contribution in [0.2, 0.25) is 0 Å². The van der Waals surface area contributed by atoms with E-state index in [1.54, 1.807) is 6.92 Å². The van der Waals surface area contributed by atoms with Crippen molar-refractivity contribution in [1.82, 2.24) is 47.9 Å². The highest BCUT2D eigenvalue weighted by Crippen LogP contribution is 2.25. The summed E-state index contributed by atoms with van der Waals surface area (Å²) in [6.45, 7) is 1.33. The van der Waals surface area contributed by atoms with E-state index in [-0.39, 0.29) is 210 Å². The first-order valence-corrected chi connectivity index (χ1v) is 39.5. The maximum Gasteiger partial charge on any atom is 0.242 e. The lowest BCUT2D eigenvalue weighted by Gasteiger charge is -2.36. The van der Waals surface area contributed by atoms with Crippen LogP contribution in [0, 0.1) is 0 Å². The fourth-order valence-corrected chi connectivity index (χ4v) is 11.8. The summed E-state index contributed by atoms with van der Waals surface area (Å²) < 4.78 is 51.5. The lowest BCUT2D eigenvalue weighted by atomic mass is 10.0. The minimum Gasteiger partial charge on any atom is -0.394 e. The number of aliphatic hydroxyl groups is 9. The Kier molecular flexibility index (Phi) is 54.7. The van der Waals surface area contributed by atoms with Crippen LogP contribution in [0.25, 0.3) is 10.4 Å². The van der Waals surface area contributed by atoms with E-state index in [0.29, 0.717) is 83.7 Å². The summed E-state index contributed by atoms with van der Waals surface area (Å²) in [6.07, 6.45) is -0.356. The molecule has 3 aliphatic heterocycles. The molecule has 0 saturated carbocycles. The standard InChI is InChI=1S/C72H130N12O27/c1-50(82-63(97)23-9-14-33-81-84-73)71(102)78-28-13-7-5-3-2-4-6-8-24-64(98)83-72(48-105-39-27-62(96)80-49-79-59(93)22-12-17-36-108-67-42-53(90)70(101)56(45-87)111-67,46-103-37-25-60(94)76-31-18-29-74-57(91)20-10-15-34-106-65-40-51(88)68(99)54(43-85)109-65)47-104-38-26-61(95)77-32-19-30-75-58(92)21-11-16-35-107-66-41-52(89)69(100)55(44-86)110-66/h50-56,65-70,85-90,99-101H,2-49H2,1H3,(H,74,91)(H,75,92)(H,76,94)(H,77,95)(H,78,102)(H,79,93)(H,80,96)(H,82,97)(H,83,98)/t50-,51+,52+,53+,54+,55+,56+,65+,66+,67+,68+,69+,70+/m0/s1. The molecule has 3 fully saturated rings. The third-order valence-corrected chi connectivity index (χ3v) is 18.4. The zero-order valence-corrected chi connectivity index (χ0v) is 64.7. The number of carbonyl (C=O) groups is 9. The van der Waals surface area contributed by atoms with Crippen LogP contribution in [0.1, 0.15) is 193 Å². The van der Waals surface area contributed by atoms with E-state index in [0.717, 1.165) is 44.9 Å². The molecule has 0 aromatic rings. The number of amides is 9. The third kappa shape index (κ3) is 46.7. The SMILES string of the molecule is C[C@H](NC(=O)CCCCN=[N+]=[N-])C(=O)NCCCCCCCCCCC(=O)NC(COCCC(=O)NCCCNC(=O)CCCCO[C@H]1C[C@@H](O)[C@@H](O)[C@@H](CO)O1)(COCCC(=O)NCCCNC(=O)CCCCO[C@H]1C[C@@H](O)[C@@H](O)[C@@H](CO)O1)COCCC(=O)NCNC(=O)CCCCO[C@H]1C[C@@H](O)[C@@H](O)[C@@H](CO)O1. The van der Waals surface area contributed by atoms with E-state index >= 15 is 0 Å². The summed E-state index contributed by atoms with van der Waals surface area (Å²) in [5.41, 5.74) is 6.98. The molecule has 111 heavy (non-hydrogen) atoms. The predicted octanol–water partition coefficient (Wildman–Crippen LogP) is -1.84. The Hall–Kier alpha value is -6.18. The smallest absolute Gasteiger partial charge is 0.242 e. The van der Waals surface area contributed by atoms with Gasteiger partial charge in [0.15, 0.2) is 18.9 Å². The Morgan fingerprint density at radius 3 is 1.13 bits per heavy atom. The van der Waals surface area contributed by atoms with Crippen molar-refractivity contribution in [1.29, 1.82) is 0 Å². The van der Waals surface area contributed by atoms with Gasteiger partial charge in [0, 0.05) is 128 Å². The Labute approximate surface area is 649 Å². The van der Waals surface area contributed by atoms with Crippen LogP contribution in [0.5, 0.6) is 0 Å². The number of nitrogens with one attached hydrogen (secondary N) is 9. The van der Waals surface area contributed by atoms with Gasteiger partial charge in [-0.25, -0.2) is 0 Å². The second kappa shape index (κ2) is 61.3. The van der Waals surface area contributed by atoms with Crippen LogP contribution < -0.4 is 47.9 Å². The number of nitrogens with zero attached hydrogens (tertiary/aromatic N) is 3. The van der Waals surface area contributed by atoms with Crippen LogP contribution in [0.15, 0.2) is 5.11 Å². The number of azide groups is 1. The first-order valence-electron chi connectivity index (χ1n) is 39.5. The van der Waals surface area contributed by atoms with E-state index in [9.17, 15) is 89.1 Å². The number of rotatable bonds is 65. The molecule has 3 aliphatic rings. The van der Waals surface area contributed by atoms with Gasteiger partial charge in [0.1, 0.15) is 48.2 Å². The molecule has 3 heterocycles. The maximum atomic E-state index is 14.0. The number of hydrogen-bond acceptors (Lipinski definition) is 28. The molecule has 39 nitrogen and oxygen atoms in total. The molecule has 39 heteroatoms. The molecule has 3 rings (SSSR count). The van der Waals surface area contributed by atoms with E-state index in [4.69, 9.17) is 48.2 Å². The molecule has 13 atom stereocenters. The highest BCUT2D eigenvalue weighted by molar-refractivity contribution is 5.87. The molecule has 18 N–H and O–H groups in total. The summed E-state index contributed by atoms with van der Waals surface area (Å²) in [7, 11) is 0. The third-order valence-electron chi connectivity index (χ3n) is 18.4. The van der Waals surface area contributed by atoms with Crippen molar-refractivity contribution in [2.24, 2.45) is 5.11 Å². The van der Waals surface area contributed by atoms with Crippen molar-refractivity contribution in [2.45, 2.75) is 279 Å². The van der Waals surface area contributed by atoms with Gasteiger partial charge >= 0.3 is 0 Å². The number of carbonyl (C=O) groups excluding carboxylic acids is 9. The van der Waals surface area contributed by atoms with Crippen LogP contribution in [0.3, 0.4) is 0 Å². The number of aliphatic hydroxyl groups excluding tert-OH is 9. The van der Waals surface area contributed by atoms with Crippen molar-refractivity contribution in [3.05, 3.63) is 10.4 Å². The zero-order valence-electron chi connectivity index (χ0n) is 64.7. The summed E-state index contributed by atoms with van der Waals surface area (Å²) in [5, 5.41) is 117. The minimum atomic E-state index is -1.42. The second-order valence-electron chi connectivity index (χ2n) is 28.0. The average molecular weight is 1600 g/mol. The molecule has 0 unspecified atom stereocenters. The zero-order chi connectivity index (χ0) is 81.3. The lowest BCUT2D eigenvalue weighted by molar-refractivity contribution is -0.257. The normalized spacial score (nSPS) is 22.1. The van der Waals surface area contributed by atoms with Gasteiger partial charge in [0.05, 0.1) is 90.9 Å². The van der Waals surface area contributed by atoms with Gasteiger partial charge in [0.2, 0.25) is 53.2 Å². The molecule has 0 radical (unpaired) electrons. The van der Waals surface area contributed by atoms with Crippen molar-refractivity contribution in [3.63, 3.8) is 0 Å². The van der Waals surface area contributed by atoms with E-state index in [2.05, 4.69) is 57.9 Å². The highest BCUT2D eigenvalue weighted by atomic mass is 16.7. The van der Waals surface area contributed by atoms with Crippen molar-refractivity contribution >= 4 is 53.2 Å². The summed E-state index contributed by atoms with van der Waals surface area (Å²) in [5.74, 6) is -2.82. The predicted molar refractivity (Wildman–Crippen MR) is 396 cm³/mol. The first kappa shape index (κ1) is 99.0. The molecule has 9 amide bonds. The van der Waals surface area contributed by atoms with E-state index in [1.165, 1.54) is 0 Å². The first-order chi connectivity index (χ1) is 53.5. The van der Waals surface area contributed by atoms with Crippen LogP contribution >= 0.6 is 0 Å². The van der Waals surface area contributed by atoms with Gasteiger partial charge in [-0.15, -0.1) is 0 Å². The molecular formula is C72H130N12O27. The van der Waals surface area contributed by atoms with Gasteiger partial charge in [-0.05, 0) is 89.5 Å². The Morgan fingerprint density at radius 2 is 0.730 bits per heavy atom. The Morgan fingerprint density at radius 1 is 0.405 bits per heavy atom. The molecule has 0 bridgehead atoms. The Bertz CT molecular complexity index is 2580. The molecule has 0 spiro atoms. The fourth-order valence-electron chi connectivity index (χ4n) is 11.8. The highest BCUT2D eigenvalue weighted by Gasteiger charge is 2.40. The molecule has 0 aromatic carbocycles. The molecule has 0 aromatic heterocycles. The van der Waals surface area contributed by atoms with E-state index in [1.807, 2.05) is 0 Å². The van der Waals surface area contributed by atoms with Crippen molar-refractivity contribution in [2.75, 3.05) is 125 Å². The molecule has 640 valence electrons. The number of hydrogen-bond donors (Lipinski definition) is 18. The quantitative estimate of drug-likeness (QED) is 0.0105. The van der Waals surface area contributed by atoms with E-state index < -0.39 is 111 Å². The van der Waals surface area contributed by atoms with Crippen molar-refractivity contribution < 1.29 is 132 Å².